The Morgan fingerprint density at radius 3 is 2.81 bits per heavy atom. The molecule has 6 heteroatoms. The van der Waals surface area contributed by atoms with Crippen molar-refractivity contribution in [1.29, 1.82) is 0 Å². The van der Waals surface area contributed by atoms with Crippen LogP contribution in [0.2, 0.25) is 0 Å². The summed E-state index contributed by atoms with van der Waals surface area (Å²) in [6, 6.07) is 2.89. The van der Waals surface area contributed by atoms with E-state index in [-0.39, 0.29) is 23.4 Å². The molecule has 0 radical (unpaired) electrons. The minimum absolute atomic E-state index is 0.0831. The van der Waals surface area contributed by atoms with Crippen molar-refractivity contribution in [2.75, 3.05) is 23.7 Å². The van der Waals surface area contributed by atoms with Gasteiger partial charge in [-0.1, -0.05) is 6.92 Å². The van der Waals surface area contributed by atoms with E-state index in [2.05, 4.69) is 16.0 Å². The lowest BCUT2D eigenvalue weighted by Gasteiger charge is -2.31. The van der Waals surface area contributed by atoms with Gasteiger partial charge in [-0.15, -0.1) is 0 Å². The lowest BCUT2D eigenvalue weighted by atomic mass is 9.88. The Labute approximate surface area is 122 Å². The maximum absolute atomic E-state index is 14.1. The summed E-state index contributed by atoms with van der Waals surface area (Å²) in [4.78, 5) is 23.5. The van der Waals surface area contributed by atoms with E-state index in [4.69, 9.17) is 0 Å². The highest BCUT2D eigenvalue weighted by Crippen LogP contribution is 2.29. The summed E-state index contributed by atoms with van der Waals surface area (Å²) < 4.78 is 14.1. The number of hydrogen-bond donors (Lipinski definition) is 3. The number of fused-ring (bicyclic) bond motifs is 1. The predicted molar refractivity (Wildman–Crippen MR) is 77.5 cm³/mol. The number of carbonyl (C=O) groups is 2. The quantitative estimate of drug-likeness (QED) is 0.790. The van der Waals surface area contributed by atoms with Gasteiger partial charge in [-0.2, -0.15) is 0 Å². The second-order valence-electron chi connectivity index (χ2n) is 5.73. The first-order valence-corrected chi connectivity index (χ1v) is 7.18. The zero-order chi connectivity index (χ0) is 15.0. The third kappa shape index (κ3) is 2.76. The average molecular weight is 291 g/mol. The number of rotatable bonds is 3. The maximum Gasteiger partial charge on any atom is 0.227 e. The largest absolute Gasteiger partial charge is 0.326 e. The molecule has 1 aromatic carbocycles. The minimum Gasteiger partial charge on any atom is -0.326 e. The number of carbonyl (C=O) groups excluding carboxylic acids is 2. The Hall–Kier alpha value is -1.95. The van der Waals surface area contributed by atoms with Gasteiger partial charge in [-0.25, -0.2) is 4.39 Å². The van der Waals surface area contributed by atoms with Crippen LogP contribution in [0.25, 0.3) is 0 Å². The SMILES string of the molecule is CC(C(=O)Nc1cc2c(cc1F)CCC(=O)N2)C1CNC1. The topological polar surface area (TPSA) is 70.2 Å². The molecule has 2 aliphatic rings. The third-order valence-corrected chi connectivity index (χ3v) is 4.28. The molecule has 0 bridgehead atoms. The molecule has 1 saturated heterocycles. The molecule has 0 aliphatic carbocycles. The molecule has 1 fully saturated rings. The lowest BCUT2D eigenvalue weighted by molar-refractivity contribution is -0.121. The fourth-order valence-corrected chi connectivity index (χ4v) is 2.62. The molecular weight excluding hydrogens is 273 g/mol. The highest BCUT2D eigenvalue weighted by molar-refractivity contribution is 5.97. The number of halogens is 1. The molecule has 2 amide bonds. The van der Waals surface area contributed by atoms with Crippen LogP contribution < -0.4 is 16.0 Å². The molecule has 2 heterocycles. The highest BCUT2D eigenvalue weighted by Gasteiger charge is 2.29. The zero-order valence-electron chi connectivity index (χ0n) is 11.8. The Morgan fingerprint density at radius 2 is 2.14 bits per heavy atom. The van der Waals surface area contributed by atoms with E-state index in [0.29, 0.717) is 24.4 Å². The molecule has 1 unspecified atom stereocenters. The van der Waals surface area contributed by atoms with Crippen molar-refractivity contribution in [2.45, 2.75) is 19.8 Å². The predicted octanol–water partition coefficient (Wildman–Crippen LogP) is 1.50. The monoisotopic (exact) mass is 291 g/mol. The van der Waals surface area contributed by atoms with Crippen LogP contribution in [0.4, 0.5) is 15.8 Å². The van der Waals surface area contributed by atoms with Crippen LogP contribution >= 0.6 is 0 Å². The summed E-state index contributed by atoms with van der Waals surface area (Å²) in [5, 5.41) is 8.46. The van der Waals surface area contributed by atoms with Crippen LogP contribution in [0.1, 0.15) is 18.9 Å². The van der Waals surface area contributed by atoms with Crippen molar-refractivity contribution < 1.29 is 14.0 Å². The van der Waals surface area contributed by atoms with Gasteiger partial charge in [0.15, 0.2) is 0 Å². The van der Waals surface area contributed by atoms with Gasteiger partial charge in [0.05, 0.1) is 5.69 Å². The summed E-state index contributed by atoms with van der Waals surface area (Å²) in [5.41, 5.74) is 1.47. The van der Waals surface area contributed by atoms with E-state index in [1.54, 1.807) is 0 Å². The number of nitrogens with one attached hydrogen (secondary N) is 3. The summed E-state index contributed by atoms with van der Waals surface area (Å²) in [5.74, 6) is -0.610. The fraction of sp³-hybridized carbons (Fsp3) is 0.467. The van der Waals surface area contributed by atoms with Crippen molar-refractivity contribution in [3.63, 3.8) is 0 Å². The van der Waals surface area contributed by atoms with Gasteiger partial charge in [-0.3, -0.25) is 9.59 Å². The van der Waals surface area contributed by atoms with Crippen LogP contribution in [0.15, 0.2) is 12.1 Å². The second kappa shape index (κ2) is 5.44. The van der Waals surface area contributed by atoms with Gasteiger partial charge in [0.25, 0.3) is 0 Å². The van der Waals surface area contributed by atoms with E-state index in [1.165, 1.54) is 12.1 Å². The Balaban J connectivity index is 1.77. The Bertz CT molecular complexity index is 599. The van der Waals surface area contributed by atoms with Gasteiger partial charge >= 0.3 is 0 Å². The molecule has 0 aromatic heterocycles. The zero-order valence-corrected chi connectivity index (χ0v) is 11.8. The summed E-state index contributed by atoms with van der Waals surface area (Å²) >= 11 is 0. The smallest absolute Gasteiger partial charge is 0.227 e. The van der Waals surface area contributed by atoms with E-state index in [0.717, 1.165) is 18.7 Å². The number of anilines is 2. The van der Waals surface area contributed by atoms with Gasteiger partial charge in [-0.05, 0) is 43.1 Å². The van der Waals surface area contributed by atoms with Crippen molar-refractivity contribution in [3.8, 4) is 0 Å². The number of amides is 2. The number of aryl methyl sites for hydroxylation is 1. The molecule has 112 valence electrons. The highest BCUT2D eigenvalue weighted by atomic mass is 19.1. The molecule has 1 atom stereocenters. The number of benzene rings is 1. The van der Waals surface area contributed by atoms with E-state index in [1.807, 2.05) is 6.92 Å². The maximum atomic E-state index is 14.1. The van der Waals surface area contributed by atoms with Crippen LogP contribution in [-0.4, -0.2) is 24.9 Å². The first-order valence-electron chi connectivity index (χ1n) is 7.18. The number of hydrogen-bond acceptors (Lipinski definition) is 3. The standard InChI is InChI=1S/C15H18FN3O2/c1-8(10-6-17-7-10)15(21)19-13-5-12-9(4-11(13)16)2-3-14(20)18-12/h4-5,8,10,17H,2-3,6-7H2,1H3,(H,18,20)(H,19,21). The first-order chi connectivity index (χ1) is 10.0. The van der Waals surface area contributed by atoms with Crippen molar-refractivity contribution in [2.24, 2.45) is 11.8 Å². The Kier molecular flexibility index (Phi) is 3.63. The molecule has 3 N–H and O–H groups in total. The van der Waals surface area contributed by atoms with E-state index >= 15 is 0 Å². The van der Waals surface area contributed by atoms with Crippen molar-refractivity contribution >= 4 is 23.2 Å². The summed E-state index contributed by atoms with van der Waals surface area (Å²) in [6.45, 7) is 3.48. The van der Waals surface area contributed by atoms with Crippen LogP contribution in [-0.2, 0) is 16.0 Å². The molecule has 0 saturated carbocycles. The first kappa shape index (κ1) is 14.0. The molecule has 2 aliphatic heterocycles. The molecule has 3 rings (SSSR count). The summed E-state index contributed by atoms with van der Waals surface area (Å²) in [7, 11) is 0. The molecular formula is C15H18FN3O2. The van der Waals surface area contributed by atoms with Gasteiger partial charge in [0, 0.05) is 18.0 Å². The minimum atomic E-state index is -0.461. The fourth-order valence-electron chi connectivity index (χ4n) is 2.62. The van der Waals surface area contributed by atoms with E-state index < -0.39 is 5.82 Å². The van der Waals surface area contributed by atoms with Gasteiger partial charge < -0.3 is 16.0 Å². The molecule has 5 nitrogen and oxygen atoms in total. The second-order valence-corrected chi connectivity index (χ2v) is 5.73. The van der Waals surface area contributed by atoms with Crippen LogP contribution in [0.3, 0.4) is 0 Å². The van der Waals surface area contributed by atoms with Gasteiger partial charge in [0.2, 0.25) is 11.8 Å². The molecule has 21 heavy (non-hydrogen) atoms. The molecule has 0 spiro atoms. The normalized spacial score (nSPS) is 19.2. The molecule has 1 aromatic rings. The van der Waals surface area contributed by atoms with Crippen LogP contribution in [0, 0.1) is 17.7 Å². The van der Waals surface area contributed by atoms with E-state index in [9.17, 15) is 14.0 Å². The van der Waals surface area contributed by atoms with Gasteiger partial charge in [0.1, 0.15) is 5.82 Å². The lowest BCUT2D eigenvalue weighted by Crippen LogP contribution is -2.48. The van der Waals surface area contributed by atoms with Crippen molar-refractivity contribution in [3.05, 3.63) is 23.5 Å². The van der Waals surface area contributed by atoms with Crippen LogP contribution in [0.5, 0.6) is 0 Å². The third-order valence-electron chi connectivity index (χ3n) is 4.28. The van der Waals surface area contributed by atoms with Crippen molar-refractivity contribution in [1.82, 2.24) is 5.32 Å². The summed E-state index contributed by atoms with van der Waals surface area (Å²) in [6.07, 6.45) is 0.889. The Morgan fingerprint density at radius 1 is 1.38 bits per heavy atom. The average Bonchev–Trinajstić information content (AvgIpc) is 2.38.